The van der Waals surface area contributed by atoms with E-state index in [4.69, 9.17) is 5.11 Å². The van der Waals surface area contributed by atoms with E-state index in [9.17, 15) is 14.9 Å². The number of benzene rings is 1. The highest BCUT2D eigenvalue weighted by Crippen LogP contribution is 2.24. The number of aromatic nitrogens is 2. The van der Waals surface area contributed by atoms with Crippen LogP contribution < -0.4 is 0 Å². The van der Waals surface area contributed by atoms with Crippen LogP contribution in [0.4, 0.5) is 5.69 Å². The zero-order valence-electron chi connectivity index (χ0n) is 10.3. The van der Waals surface area contributed by atoms with Gasteiger partial charge in [0, 0.05) is 12.3 Å². The zero-order valence-corrected chi connectivity index (χ0v) is 10.3. The monoisotopic (exact) mass is 261 g/mol. The molecule has 0 atom stereocenters. The number of nitro groups is 1. The summed E-state index contributed by atoms with van der Waals surface area (Å²) in [5, 5.41) is 24.0. The van der Waals surface area contributed by atoms with E-state index in [2.05, 4.69) is 5.10 Å². The molecule has 0 spiro atoms. The number of hydrogen-bond acceptors (Lipinski definition) is 4. The van der Waals surface area contributed by atoms with Gasteiger partial charge in [-0.1, -0.05) is 6.07 Å². The van der Waals surface area contributed by atoms with Crippen LogP contribution in [0.25, 0.3) is 5.69 Å². The van der Waals surface area contributed by atoms with Crippen LogP contribution >= 0.6 is 0 Å². The van der Waals surface area contributed by atoms with Crippen molar-refractivity contribution in [3.63, 3.8) is 0 Å². The number of carbonyl (C=O) groups is 1. The average molecular weight is 261 g/mol. The highest BCUT2D eigenvalue weighted by Gasteiger charge is 2.19. The minimum absolute atomic E-state index is 0.0239. The first kappa shape index (κ1) is 12.7. The van der Waals surface area contributed by atoms with Crippen LogP contribution in [0.2, 0.25) is 0 Å². The minimum Gasteiger partial charge on any atom is -0.478 e. The summed E-state index contributed by atoms with van der Waals surface area (Å²) in [7, 11) is 0. The quantitative estimate of drug-likeness (QED) is 0.673. The highest BCUT2D eigenvalue weighted by molar-refractivity contribution is 5.88. The maximum Gasteiger partial charge on any atom is 0.339 e. The van der Waals surface area contributed by atoms with Gasteiger partial charge < -0.3 is 5.11 Å². The van der Waals surface area contributed by atoms with E-state index in [-0.39, 0.29) is 16.9 Å². The molecule has 0 unspecified atom stereocenters. The lowest BCUT2D eigenvalue weighted by atomic mass is 10.2. The first-order chi connectivity index (χ1) is 8.90. The van der Waals surface area contributed by atoms with E-state index in [1.807, 2.05) is 0 Å². The molecule has 7 nitrogen and oxygen atoms in total. The molecule has 1 aromatic carbocycles. The van der Waals surface area contributed by atoms with Gasteiger partial charge in [-0.05, 0) is 25.5 Å². The Balaban J connectivity index is 2.64. The number of carboxylic acids is 1. The van der Waals surface area contributed by atoms with Crippen molar-refractivity contribution in [2.24, 2.45) is 0 Å². The van der Waals surface area contributed by atoms with Gasteiger partial charge in [0.25, 0.3) is 5.69 Å². The normalized spacial score (nSPS) is 10.4. The molecule has 0 aliphatic carbocycles. The molecule has 7 heteroatoms. The second kappa shape index (κ2) is 4.52. The van der Waals surface area contributed by atoms with Crippen LogP contribution in [0.5, 0.6) is 0 Å². The van der Waals surface area contributed by atoms with Gasteiger partial charge in [-0.3, -0.25) is 10.1 Å². The molecule has 98 valence electrons. The first-order valence-corrected chi connectivity index (χ1v) is 5.45. The van der Waals surface area contributed by atoms with Crippen LogP contribution in [-0.2, 0) is 0 Å². The Hall–Kier alpha value is -2.70. The standard InChI is InChI=1S/C12H11N3O4/c1-7-3-4-10(15(18)19)11(5-7)14-6-9(12(16)17)8(2)13-14/h3-6H,1-2H3,(H,16,17). The van der Waals surface area contributed by atoms with E-state index in [0.29, 0.717) is 5.69 Å². The summed E-state index contributed by atoms with van der Waals surface area (Å²) < 4.78 is 1.23. The highest BCUT2D eigenvalue weighted by atomic mass is 16.6. The predicted molar refractivity (Wildman–Crippen MR) is 66.7 cm³/mol. The van der Waals surface area contributed by atoms with Gasteiger partial charge in [0.15, 0.2) is 0 Å². The van der Waals surface area contributed by atoms with Gasteiger partial charge >= 0.3 is 5.97 Å². The largest absolute Gasteiger partial charge is 0.478 e. The lowest BCUT2D eigenvalue weighted by Gasteiger charge is -2.03. The third-order valence-electron chi connectivity index (χ3n) is 2.70. The molecule has 0 aliphatic rings. The summed E-state index contributed by atoms with van der Waals surface area (Å²) in [6, 6.07) is 4.59. The molecule has 1 N–H and O–H groups in total. The molecule has 0 radical (unpaired) electrons. The number of rotatable bonds is 3. The summed E-state index contributed by atoms with van der Waals surface area (Å²) in [4.78, 5) is 21.4. The van der Waals surface area contributed by atoms with Gasteiger partial charge in [0.05, 0.1) is 10.6 Å². The Morgan fingerprint density at radius 2 is 2.11 bits per heavy atom. The molecule has 1 heterocycles. The lowest BCUT2D eigenvalue weighted by Crippen LogP contribution is -2.01. The van der Waals surface area contributed by atoms with E-state index in [1.165, 1.54) is 16.9 Å². The zero-order chi connectivity index (χ0) is 14.2. The topological polar surface area (TPSA) is 98.3 Å². The summed E-state index contributed by atoms with van der Waals surface area (Å²) in [5.41, 5.74) is 1.29. The second-order valence-electron chi connectivity index (χ2n) is 4.13. The Labute approximate surface area is 108 Å². The van der Waals surface area contributed by atoms with Crippen molar-refractivity contribution in [3.05, 3.63) is 51.3 Å². The van der Waals surface area contributed by atoms with Crippen molar-refractivity contribution >= 4 is 11.7 Å². The number of carboxylic acid groups (broad SMARTS) is 1. The third kappa shape index (κ3) is 2.30. The molecule has 0 fully saturated rings. The van der Waals surface area contributed by atoms with Crippen molar-refractivity contribution in [2.45, 2.75) is 13.8 Å². The summed E-state index contributed by atoms with van der Waals surface area (Å²) >= 11 is 0. The Bertz CT molecular complexity index is 676. The summed E-state index contributed by atoms with van der Waals surface area (Å²) in [6.07, 6.45) is 1.28. The van der Waals surface area contributed by atoms with E-state index >= 15 is 0 Å². The van der Waals surface area contributed by atoms with E-state index < -0.39 is 10.9 Å². The smallest absolute Gasteiger partial charge is 0.339 e. The van der Waals surface area contributed by atoms with Crippen molar-refractivity contribution in [3.8, 4) is 5.69 Å². The fourth-order valence-electron chi connectivity index (χ4n) is 1.76. The van der Waals surface area contributed by atoms with E-state index in [0.717, 1.165) is 5.56 Å². The number of nitrogens with zero attached hydrogens (tertiary/aromatic N) is 3. The third-order valence-corrected chi connectivity index (χ3v) is 2.70. The number of hydrogen-bond donors (Lipinski definition) is 1. The van der Waals surface area contributed by atoms with Crippen molar-refractivity contribution in [2.75, 3.05) is 0 Å². The van der Waals surface area contributed by atoms with Crippen LogP contribution in [0, 0.1) is 24.0 Å². The molecular formula is C12H11N3O4. The fourth-order valence-corrected chi connectivity index (χ4v) is 1.76. The molecular weight excluding hydrogens is 250 g/mol. The molecule has 1 aromatic heterocycles. The van der Waals surface area contributed by atoms with Crippen molar-refractivity contribution in [1.29, 1.82) is 0 Å². The molecule has 0 bridgehead atoms. The number of aryl methyl sites for hydroxylation is 2. The Morgan fingerprint density at radius 1 is 1.42 bits per heavy atom. The molecule has 19 heavy (non-hydrogen) atoms. The Kier molecular flexibility index (Phi) is 3.04. The van der Waals surface area contributed by atoms with Gasteiger partial charge in [-0.15, -0.1) is 0 Å². The lowest BCUT2D eigenvalue weighted by molar-refractivity contribution is -0.384. The molecule has 0 saturated heterocycles. The predicted octanol–water partition coefficient (Wildman–Crippen LogP) is 2.10. The molecule has 0 aliphatic heterocycles. The van der Waals surface area contributed by atoms with Crippen LogP contribution in [0.1, 0.15) is 21.6 Å². The fraction of sp³-hybridized carbons (Fsp3) is 0.167. The van der Waals surface area contributed by atoms with Gasteiger partial charge in [-0.25, -0.2) is 9.48 Å². The van der Waals surface area contributed by atoms with Gasteiger partial charge in [0.2, 0.25) is 0 Å². The van der Waals surface area contributed by atoms with Crippen molar-refractivity contribution in [1.82, 2.24) is 9.78 Å². The maximum atomic E-state index is 11.0. The molecule has 0 saturated carbocycles. The molecule has 2 rings (SSSR count). The van der Waals surface area contributed by atoms with Crippen LogP contribution in [0.3, 0.4) is 0 Å². The molecule has 0 amide bonds. The average Bonchev–Trinajstić information content (AvgIpc) is 2.70. The molecule has 2 aromatic rings. The van der Waals surface area contributed by atoms with Crippen LogP contribution in [-0.4, -0.2) is 25.8 Å². The first-order valence-electron chi connectivity index (χ1n) is 5.45. The number of aromatic carboxylic acids is 1. The number of nitro benzene ring substituents is 1. The van der Waals surface area contributed by atoms with E-state index in [1.54, 1.807) is 26.0 Å². The van der Waals surface area contributed by atoms with Gasteiger partial charge in [-0.2, -0.15) is 5.10 Å². The van der Waals surface area contributed by atoms with Gasteiger partial charge in [0.1, 0.15) is 11.3 Å². The SMILES string of the molecule is Cc1ccc([N+](=O)[O-])c(-n2cc(C(=O)O)c(C)n2)c1. The van der Waals surface area contributed by atoms with Crippen LogP contribution in [0.15, 0.2) is 24.4 Å². The second-order valence-corrected chi connectivity index (χ2v) is 4.13. The summed E-state index contributed by atoms with van der Waals surface area (Å²) in [5.74, 6) is -1.11. The maximum absolute atomic E-state index is 11.0. The van der Waals surface area contributed by atoms with Crippen molar-refractivity contribution < 1.29 is 14.8 Å². The Morgan fingerprint density at radius 3 is 2.63 bits per heavy atom. The summed E-state index contributed by atoms with van der Waals surface area (Å²) in [6.45, 7) is 3.34. The minimum atomic E-state index is -1.11.